The summed E-state index contributed by atoms with van der Waals surface area (Å²) in [4.78, 5) is 12.9. The van der Waals surface area contributed by atoms with Crippen LogP contribution in [0.5, 0.6) is 5.75 Å². The second kappa shape index (κ2) is 10.2. The number of phenols is 1. The smallest absolute Gasteiger partial charge is 0.416 e. The zero-order valence-corrected chi connectivity index (χ0v) is 18.7. The highest BCUT2D eigenvalue weighted by atomic mass is 35.5. The van der Waals surface area contributed by atoms with Crippen LogP contribution in [0.3, 0.4) is 0 Å². The van der Waals surface area contributed by atoms with Crippen LogP contribution in [0.15, 0.2) is 65.6 Å². The lowest BCUT2D eigenvalue weighted by Crippen LogP contribution is -2.14. The Balaban J connectivity index is 1.82. The van der Waals surface area contributed by atoms with Crippen molar-refractivity contribution in [2.75, 3.05) is 11.1 Å². The second-order valence-electron chi connectivity index (χ2n) is 7.12. The number of amides is 1. The topological polar surface area (TPSA) is 49.3 Å². The summed E-state index contributed by atoms with van der Waals surface area (Å²) in [6.45, 7) is 0. The lowest BCUT2D eigenvalue weighted by Gasteiger charge is -2.15. The number of hydrogen-bond donors (Lipinski definition) is 2. The molecule has 0 heterocycles. The number of carbonyl (C=O) groups excluding carboxylic acids is 1. The molecule has 3 aromatic rings. The summed E-state index contributed by atoms with van der Waals surface area (Å²) < 4.78 is 78.3. The van der Waals surface area contributed by atoms with Crippen molar-refractivity contribution in [1.82, 2.24) is 0 Å². The first-order valence-electron chi connectivity index (χ1n) is 9.64. The second-order valence-corrected chi connectivity index (χ2v) is 8.69. The van der Waals surface area contributed by atoms with Crippen molar-refractivity contribution in [3.63, 3.8) is 0 Å². The van der Waals surface area contributed by atoms with E-state index in [0.29, 0.717) is 5.56 Å². The van der Waals surface area contributed by atoms with E-state index in [4.69, 9.17) is 11.6 Å². The molecular formula is C23H16ClF6NO2S. The van der Waals surface area contributed by atoms with Crippen molar-refractivity contribution in [2.45, 2.75) is 23.7 Å². The molecular weight excluding hydrogens is 504 g/mol. The first-order chi connectivity index (χ1) is 15.8. The van der Waals surface area contributed by atoms with Crippen molar-refractivity contribution in [1.29, 1.82) is 0 Å². The van der Waals surface area contributed by atoms with E-state index in [1.165, 1.54) is 36.4 Å². The molecule has 0 unspecified atom stereocenters. The molecule has 180 valence electrons. The van der Waals surface area contributed by atoms with Crippen LogP contribution in [0.1, 0.15) is 27.0 Å². The monoisotopic (exact) mass is 519 g/mol. The van der Waals surface area contributed by atoms with E-state index in [1.54, 1.807) is 0 Å². The molecule has 11 heteroatoms. The minimum Gasteiger partial charge on any atom is -0.507 e. The number of carbonyl (C=O) groups is 1. The number of rotatable bonds is 6. The molecule has 0 aromatic heterocycles. The van der Waals surface area contributed by atoms with Crippen molar-refractivity contribution < 1.29 is 36.2 Å². The minimum absolute atomic E-state index is 0.141. The van der Waals surface area contributed by atoms with Crippen LogP contribution in [0.2, 0.25) is 5.02 Å². The molecule has 0 fully saturated rings. The van der Waals surface area contributed by atoms with E-state index in [-0.39, 0.29) is 33.3 Å². The Bertz CT molecular complexity index is 1200. The van der Waals surface area contributed by atoms with E-state index in [2.05, 4.69) is 5.32 Å². The summed E-state index contributed by atoms with van der Waals surface area (Å²) in [5.74, 6) is -1.05. The lowest BCUT2D eigenvalue weighted by atomic mass is 10.1. The van der Waals surface area contributed by atoms with Gasteiger partial charge >= 0.3 is 12.4 Å². The van der Waals surface area contributed by atoms with E-state index in [1.807, 2.05) is 0 Å². The molecule has 0 atom stereocenters. The first-order valence-corrected chi connectivity index (χ1v) is 11.0. The fourth-order valence-electron chi connectivity index (χ4n) is 2.99. The summed E-state index contributed by atoms with van der Waals surface area (Å²) in [6, 6.07) is 11.2. The number of halogens is 7. The van der Waals surface area contributed by atoms with Crippen LogP contribution >= 0.6 is 23.4 Å². The Morgan fingerprint density at radius 3 is 2.26 bits per heavy atom. The molecule has 3 rings (SSSR count). The van der Waals surface area contributed by atoms with Crippen LogP contribution in [-0.4, -0.2) is 16.8 Å². The summed E-state index contributed by atoms with van der Waals surface area (Å²) >= 11 is 6.90. The maximum atomic E-state index is 13.2. The Kier molecular flexibility index (Phi) is 7.72. The summed E-state index contributed by atoms with van der Waals surface area (Å²) in [5, 5.41) is 12.4. The molecule has 0 saturated heterocycles. The highest BCUT2D eigenvalue weighted by molar-refractivity contribution is 7.99. The largest absolute Gasteiger partial charge is 0.507 e. The fraction of sp³-hybridized carbons (Fsp3) is 0.174. The number of alkyl halides is 6. The average molecular weight is 520 g/mol. The van der Waals surface area contributed by atoms with Crippen molar-refractivity contribution in [3.05, 3.63) is 87.9 Å². The van der Waals surface area contributed by atoms with Gasteiger partial charge in [0.25, 0.3) is 5.91 Å². The SMILES string of the molecule is O=C(Nc1cc(C(F)(F)F)ccc1SCCc1cccc(C(F)(F)F)c1)c1cc(Cl)ccc1O. The molecule has 3 aromatic carbocycles. The molecule has 3 nitrogen and oxygen atoms in total. The third kappa shape index (κ3) is 6.60. The number of aromatic hydroxyl groups is 1. The Labute approximate surface area is 199 Å². The summed E-state index contributed by atoms with van der Waals surface area (Å²) in [6.07, 6.45) is -8.95. The summed E-state index contributed by atoms with van der Waals surface area (Å²) in [7, 11) is 0. The van der Waals surface area contributed by atoms with Crippen LogP contribution < -0.4 is 5.32 Å². The molecule has 0 spiro atoms. The van der Waals surface area contributed by atoms with Crippen molar-refractivity contribution in [3.8, 4) is 5.75 Å². The van der Waals surface area contributed by atoms with Gasteiger partial charge in [0, 0.05) is 15.7 Å². The van der Waals surface area contributed by atoms with Gasteiger partial charge in [-0.15, -0.1) is 11.8 Å². The van der Waals surface area contributed by atoms with E-state index >= 15 is 0 Å². The molecule has 0 bridgehead atoms. The molecule has 0 radical (unpaired) electrons. The van der Waals surface area contributed by atoms with E-state index < -0.39 is 35.1 Å². The molecule has 1 amide bonds. The van der Waals surface area contributed by atoms with E-state index in [9.17, 15) is 36.2 Å². The third-order valence-corrected chi connectivity index (χ3v) is 5.97. The van der Waals surface area contributed by atoms with Crippen molar-refractivity contribution in [2.24, 2.45) is 0 Å². The van der Waals surface area contributed by atoms with Crippen LogP contribution in [0.4, 0.5) is 32.0 Å². The van der Waals surface area contributed by atoms with Crippen molar-refractivity contribution >= 4 is 35.0 Å². The number of hydrogen-bond acceptors (Lipinski definition) is 3. The Hall–Kier alpha value is -2.85. The number of phenolic OH excluding ortho intramolecular Hbond substituents is 1. The Morgan fingerprint density at radius 2 is 1.59 bits per heavy atom. The number of benzene rings is 3. The highest BCUT2D eigenvalue weighted by Gasteiger charge is 2.32. The van der Waals surface area contributed by atoms with Gasteiger partial charge in [-0.3, -0.25) is 4.79 Å². The van der Waals surface area contributed by atoms with Gasteiger partial charge in [-0.25, -0.2) is 0 Å². The number of thioether (sulfide) groups is 1. The molecule has 0 aliphatic heterocycles. The maximum absolute atomic E-state index is 13.2. The average Bonchev–Trinajstić information content (AvgIpc) is 2.75. The predicted octanol–water partition coefficient (Wildman–Crippen LogP) is 7.67. The van der Waals surface area contributed by atoms with Gasteiger partial charge in [-0.05, 0) is 54.4 Å². The molecule has 0 saturated carbocycles. The molecule has 0 aliphatic rings. The maximum Gasteiger partial charge on any atom is 0.416 e. The highest BCUT2D eigenvalue weighted by Crippen LogP contribution is 2.37. The van der Waals surface area contributed by atoms with Crippen LogP contribution in [-0.2, 0) is 18.8 Å². The van der Waals surface area contributed by atoms with Gasteiger partial charge in [0.05, 0.1) is 22.4 Å². The minimum atomic E-state index is -4.67. The van der Waals surface area contributed by atoms with Gasteiger partial charge in [0.2, 0.25) is 0 Å². The third-order valence-electron chi connectivity index (χ3n) is 4.66. The normalized spacial score (nSPS) is 12.0. The summed E-state index contributed by atoms with van der Waals surface area (Å²) in [5.41, 5.74) is -1.78. The lowest BCUT2D eigenvalue weighted by molar-refractivity contribution is -0.138. The first kappa shape index (κ1) is 25.8. The Morgan fingerprint density at radius 1 is 0.912 bits per heavy atom. The van der Waals surface area contributed by atoms with Crippen LogP contribution in [0, 0.1) is 0 Å². The standard InChI is InChI=1S/C23H16ClF6NO2S/c24-16-5-6-19(32)17(12-16)21(33)31-18-11-15(23(28,29)30)4-7-20(18)34-9-8-13-2-1-3-14(10-13)22(25,26)27/h1-7,10-12,32H,8-9H2,(H,31,33). The molecule has 2 N–H and O–H groups in total. The number of nitrogens with one attached hydrogen (secondary N) is 1. The van der Waals surface area contributed by atoms with Crippen LogP contribution in [0.25, 0.3) is 0 Å². The predicted molar refractivity (Wildman–Crippen MR) is 118 cm³/mol. The van der Waals surface area contributed by atoms with Gasteiger partial charge in [-0.2, -0.15) is 26.3 Å². The number of anilines is 1. The fourth-order valence-corrected chi connectivity index (χ4v) is 4.15. The zero-order chi connectivity index (χ0) is 25.1. The van der Waals surface area contributed by atoms with Gasteiger partial charge < -0.3 is 10.4 Å². The molecule has 34 heavy (non-hydrogen) atoms. The zero-order valence-electron chi connectivity index (χ0n) is 17.1. The molecule has 0 aliphatic carbocycles. The van der Waals surface area contributed by atoms with Gasteiger partial charge in [-0.1, -0.05) is 29.8 Å². The quantitative estimate of drug-likeness (QED) is 0.259. The van der Waals surface area contributed by atoms with Gasteiger partial charge in [0.1, 0.15) is 5.75 Å². The number of aryl methyl sites for hydroxylation is 1. The van der Waals surface area contributed by atoms with E-state index in [0.717, 1.165) is 36.0 Å². The van der Waals surface area contributed by atoms with Gasteiger partial charge in [0.15, 0.2) is 0 Å².